The summed E-state index contributed by atoms with van der Waals surface area (Å²) < 4.78 is 6.85. The third kappa shape index (κ3) is 3.68. The highest BCUT2D eigenvalue weighted by molar-refractivity contribution is 5.81. The number of likely N-dealkylation sites (tertiary alicyclic amines) is 1. The van der Waals surface area contributed by atoms with Gasteiger partial charge in [-0.1, -0.05) is 6.92 Å². The fourth-order valence-corrected chi connectivity index (χ4v) is 3.59. The van der Waals surface area contributed by atoms with Gasteiger partial charge in [-0.05, 0) is 39.5 Å². The van der Waals surface area contributed by atoms with Gasteiger partial charge >= 0.3 is 5.97 Å². The number of esters is 1. The van der Waals surface area contributed by atoms with E-state index in [1.54, 1.807) is 4.52 Å². The molecule has 0 aromatic carbocycles. The van der Waals surface area contributed by atoms with Crippen LogP contribution in [0.2, 0.25) is 0 Å². The summed E-state index contributed by atoms with van der Waals surface area (Å²) >= 11 is 0. The van der Waals surface area contributed by atoms with E-state index < -0.39 is 5.97 Å². The smallest absolute Gasteiger partial charge is 0.310 e. The molecule has 0 aliphatic carbocycles. The molecule has 1 fully saturated rings. The highest BCUT2D eigenvalue weighted by atomic mass is 16.5. The van der Waals surface area contributed by atoms with Gasteiger partial charge < -0.3 is 9.64 Å². The quantitative estimate of drug-likeness (QED) is 0.754. The summed E-state index contributed by atoms with van der Waals surface area (Å²) in [6.07, 6.45) is 5.61. The van der Waals surface area contributed by atoms with E-state index in [1.165, 1.54) is 6.33 Å². The first-order chi connectivity index (χ1) is 12.5. The first kappa shape index (κ1) is 18.3. The lowest BCUT2D eigenvalue weighted by atomic mass is 10.00. The Bertz CT molecular complexity index is 817. The molecule has 1 atom stereocenters. The van der Waals surface area contributed by atoms with E-state index in [0.29, 0.717) is 11.5 Å². The Kier molecular flexibility index (Phi) is 5.49. The number of piperidine rings is 1. The Morgan fingerprint density at radius 1 is 1.31 bits per heavy atom. The van der Waals surface area contributed by atoms with Crippen molar-refractivity contribution in [3.05, 3.63) is 23.3 Å². The molecule has 1 aliphatic rings. The van der Waals surface area contributed by atoms with E-state index in [1.807, 2.05) is 18.7 Å². The van der Waals surface area contributed by atoms with Crippen LogP contribution in [0.25, 0.3) is 5.78 Å². The van der Waals surface area contributed by atoms with Crippen LogP contribution in [0.15, 0.2) is 6.33 Å². The van der Waals surface area contributed by atoms with Gasteiger partial charge in [-0.2, -0.15) is 10.1 Å². The van der Waals surface area contributed by atoms with Gasteiger partial charge in [0.1, 0.15) is 6.33 Å². The monoisotopic (exact) mass is 359 g/mol. The van der Waals surface area contributed by atoms with Crippen molar-refractivity contribution in [1.82, 2.24) is 24.5 Å². The fraction of sp³-hybridized carbons (Fsp3) is 0.611. The predicted molar refractivity (Wildman–Crippen MR) is 94.6 cm³/mol. The number of carbonyl (C=O) groups is 2. The average molecular weight is 359 g/mol. The van der Waals surface area contributed by atoms with Crippen LogP contribution in [0.4, 0.5) is 0 Å². The summed E-state index contributed by atoms with van der Waals surface area (Å²) in [5.41, 5.74) is 2.27. The highest BCUT2D eigenvalue weighted by Crippen LogP contribution is 2.19. The van der Waals surface area contributed by atoms with E-state index in [9.17, 15) is 9.59 Å². The Hall–Kier alpha value is -2.51. The normalized spacial score (nSPS) is 17.5. The number of hydrogen-bond donors (Lipinski definition) is 0. The summed E-state index contributed by atoms with van der Waals surface area (Å²) in [7, 11) is 0. The second kappa shape index (κ2) is 7.80. The van der Waals surface area contributed by atoms with Gasteiger partial charge in [-0.3, -0.25) is 9.59 Å². The van der Waals surface area contributed by atoms with Gasteiger partial charge in [0.05, 0.1) is 6.42 Å². The van der Waals surface area contributed by atoms with Crippen molar-refractivity contribution < 1.29 is 14.3 Å². The molecule has 140 valence electrons. The molecule has 1 saturated heterocycles. The first-order valence-corrected chi connectivity index (χ1v) is 9.12. The lowest BCUT2D eigenvalue weighted by molar-refractivity contribution is -0.153. The second-order valence-corrected chi connectivity index (χ2v) is 6.72. The first-order valence-electron chi connectivity index (χ1n) is 9.12. The van der Waals surface area contributed by atoms with E-state index in [2.05, 4.69) is 22.0 Å². The van der Waals surface area contributed by atoms with Gasteiger partial charge in [0.2, 0.25) is 0 Å². The summed E-state index contributed by atoms with van der Waals surface area (Å²) in [5, 5.41) is 4.11. The molecule has 0 spiro atoms. The van der Waals surface area contributed by atoms with Crippen LogP contribution in [0.3, 0.4) is 0 Å². The van der Waals surface area contributed by atoms with Crippen LogP contribution in [-0.4, -0.2) is 55.6 Å². The van der Waals surface area contributed by atoms with Crippen molar-refractivity contribution >= 4 is 17.7 Å². The molecule has 3 rings (SSSR count). The Labute approximate surface area is 152 Å². The molecule has 1 amide bonds. The SMILES string of the molecule is CC[C@H]1CCCCN1C(=O)COC(=O)Cc1c(C)nc2ncnn2c1C. The molecule has 8 heteroatoms. The average Bonchev–Trinajstić information content (AvgIpc) is 3.11. The molecule has 0 N–H and O–H groups in total. The van der Waals surface area contributed by atoms with Crippen LogP contribution in [-0.2, 0) is 20.7 Å². The van der Waals surface area contributed by atoms with Gasteiger partial charge in [-0.25, -0.2) is 9.50 Å². The zero-order valence-corrected chi connectivity index (χ0v) is 15.6. The molecule has 2 aromatic heterocycles. The number of fused-ring (bicyclic) bond motifs is 1. The van der Waals surface area contributed by atoms with Crippen LogP contribution in [0.1, 0.15) is 49.6 Å². The fourth-order valence-electron chi connectivity index (χ4n) is 3.59. The standard InChI is InChI=1S/C18H25N5O3/c1-4-14-7-5-6-8-22(14)16(24)10-26-17(25)9-15-12(2)21-18-19-11-20-23(18)13(15)3/h11,14H,4-10H2,1-3H3/t14-/m0/s1. The van der Waals surface area contributed by atoms with E-state index in [4.69, 9.17) is 4.74 Å². The third-order valence-electron chi connectivity index (χ3n) is 5.09. The number of rotatable bonds is 5. The molecule has 0 radical (unpaired) electrons. The zero-order valence-electron chi connectivity index (χ0n) is 15.6. The zero-order chi connectivity index (χ0) is 18.7. The van der Waals surface area contributed by atoms with Gasteiger partial charge in [-0.15, -0.1) is 0 Å². The summed E-state index contributed by atoms with van der Waals surface area (Å²) in [4.78, 5) is 34.9. The molecular weight excluding hydrogens is 334 g/mol. The molecular formula is C18H25N5O3. The van der Waals surface area contributed by atoms with Crippen molar-refractivity contribution in [1.29, 1.82) is 0 Å². The Morgan fingerprint density at radius 3 is 2.88 bits per heavy atom. The largest absolute Gasteiger partial charge is 0.455 e. The number of ether oxygens (including phenoxy) is 1. The minimum Gasteiger partial charge on any atom is -0.455 e. The maximum absolute atomic E-state index is 12.4. The van der Waals surface area contributed by atoms with Crippen LogP contribution >= 0.6 is 0 Å². The predicted octanol–water partition coefficient (Wildman–Crippen LogP) is 1.62. The molecule has 8 nitrogen and oxygen atoms in total. The third-order valence-corrected chi connectivity index (χ3v) is 5.09. The van der Waals surface area contributed by atoms with E-state index in [-0.39, 0.29) is 25.0 Å². The highest BCUT2D eigenvalue weighted by Gasteiger charge is 2.26. The molecule has 1 aliphatic heterocycles. The molecule has 0 unspecified atom stereocenters. The number of nitrogens with zero attached hydrogens (tertiary/aromatic N) is 5. The Morgan fingerprint density at radius 2 is 2.12 bits per heavy atom. The maximum atomic E-state index is 12.4. The van der Waals surface area contributed by atoms with Crippen LogP contribution in [0, 0.1) is 13.8 Å². The molecule has 3 heterocycles. The van der Waals surface area contributed by atoms with Crippen molar-refractivity contribution in [3.63, 3.8) is 0 Å². The van der Waals surface area contributed by atoms with Gasteiger partial charge in [0.15, 0.2) is 6.61 Å². The number of amides is 1. The summed E-state index contributed by atoms with van der Waals surface area (Å²) in [6, 6.07) is 0.262. The molecule has 0 saturated carbocycles. The molecule has 2 aromatic rings. The number of carbonyl (C=O) groups excluding carboxylic acids is 2. The number of aromatic nitrogens is 4. The minimum absolute atomic E-state index is 0.0605. The lowest BCUT2D eigenvalue weighted by Crippen LogP contribution is -2.45. The van der Waals surface area contributed by atoms with Crippen molar-refractivity contribution in [2.45, 2.75) is 58.9 Å². The lowest BCUT2D eigenvalue weighted by Gasteiger charge is -2.35. The van der Waals surface area contributed by atoms with Crippen molar-refractivity contribution in [3.8, 4) is 0 Å². The Balaban J connectivity index is 1.61. The second-order valence-electron chi connectivity index (χ2n) is 6.72. The minimum atomic E-state index is -0.434. The topological polar surface area (TPSA) is 89.7 Å². The summed E-state index contributed by atoms with van der Waals surface area (Å²) in [6.45, 7) is 6.33. The summed E-state index contributed by atoms with van der Waals surface area (Å²) in [5.74, 6) is -0.0397. The van der Waals surface area contributed by atoms with Crippen molar-refractivity contribution in [2.24, 2.45) is 0 Å². The van der Waals surface area contributed by atoms with E-state index >= 15 is 0 Å². The number of aryl methyl sites for hydroxylation is 2. The van der Waals surface area contributed by atoms with E-state index in [0.717, 1.165) is 43.5 Å². The van der Waals surface area contributed by atoms with Gasteiger partial charge in [0, 0.05) is 29.5 Å². The van der Waals surface area contributed by atoms with Crippen LogP contribution in [0.5, 0.6) is 0 Å². The van der Waals surface area contributed by atoms with Gasteiger partial charge in [0.25, 0.3) is 11.7 Å². The molecule has 0 bridgehead atoms. The van der Waals surface area contributed by atoms with Crippen LogP contribution < -0.4 is 0 Å². The molecule has 26 heavy (non-hydrogen) atoms. The van der Waals surface area contributed by atoms with Crippen molar-refractivity contribution in [2.75, 3.05) is 13.2 Å². The number of hydrogen-bond acceptors (Lipinski definition) is 6. The maximum Gasteiger partial charge on any atom is 0.310 e.